The largest absolute Gasteiger partial charge is 0.456 e. The molecule has 0 saturated heterocycles. The van der Waals surface area contributed by atoms with E-state index in [-0.39, 0.29) is 65.7 Å². The number of nitrogens with zero attached hydrogens (tertiary/aromatic N) is 8. The molecule has 0 fully saturated rings. The molecular formula is C82H73Ir3N8O-3. The van der Waals surface area contributed by atoms with E-state index in [0.29, 0.717) is 5.92 Å². The van der Waals surface area contributed by atoms with Crippen molar-refractivity contribution < 1.29 is 64.7 Å². The van der Waals surface area contributed by atoms with Gasteiger partial charge in [-0.1, -0.05) is 190 Å². The van der Waals surface area contributed by atoms with Crippen molar-refractivity contribution in [3.8, 4) is 56.5 Å². The van der Waals surface area contributed by atoms with Crippen LogP contribution < -0.4 is 0 Å². The number of hydrogen-bond donors (Lipinski definition) is 0. The number of para-hydroxylation sites is 3. The zero-order valence-corrected chi connectivity index (χ0v) is 61.9. The van der Waals surface area contributed by atoms with Crippen LogP contribution in [0.1, 0.15) is 96.2 Å². The molecule has 0 atom stereocenters. The maximum Gasteiger partial charge on any atom is 0.138 e. The summed E-state index contributed by atoms with van der Waals surface area (Å²) in [6, 6.07) is 71.9. The molecule has 15 rings (SSSR count). The summed E-state index contributed by atoms with van der Waals surface area (Å²) in [6.45, 7) is 24.3. The van der Waals surface area contributed by atoms with Gasteiger partial charge in [-0.3, -0.25) is 9.97 Å². The Morgan fingerprint density at radius 1 is 0.532 bits per heavy atom. The van der Waals surface area contributed by atoms with Gasteiger partial charge in [0.2, 0.25) is 0 Å². The Balaban J connectivity index is 0.000000154. The molecule has 6 aromatic heterocycles. The molecule has 9 aromatic carbocycles. The number of benzene rings is 9. The average Bonchev–Trinajstić information content (AvgIpc) is 1.40. The Kier molecular flexibility index (Phi) is 21.1. The van der Waals surface area contributed by atoms with Gasteiger partial charge < -0.3 is 22.9 Å². The van der Waals surface area contributed by atoms with Gasteiger partial charge in [-0.25, -0.2) is 0 Å². The Hall–Kier alpha value is -8.56. The van der Waals surface area contributed by atoms with E-state index >= 15 is 0 Å². The van der Waals surface area contributed by atoms with Crippen molar-refractivity contribution in [1.29, 1.82) is 0 Å². The second kappa shape index (κ2) is 29.0. The fraction of sp³-hybridized carbons (Fsp3) is 0.183. The van der Waals surface area contributed by atoms with Crippen LogP contribution >= 0.6 is 0 Å². The first-order valence-electron chi connectivity index (χ1n) is 31.3. The first-order valence-corrected chi connectivity index (χ1v) is 31.3. The molecule has 94 heavy (non-hydrogen) atoms. The van der Waals surface area contributed by atoms with Crippen LogP contribution in [0, 0.1) is 65.2 Å². The molecule has 12 heteroatoms. The van der Waals surface area contributed by atoms with Gasteiger partial charge in [0.05, 0.1) is 23.0 Å². The number of rotatable bonds is 10. The van der Waals surface area contributed by atoms with Gasteiger partial charge in [0.1, 0.15) is 17.5 Å². The predicted molar refractivity (Wildman–Crippen MR) is 373 cm³/mol. The molecule has 0 saturated carbocycles. The smallest absolute Gasteiger partial charge is 0.138 e. The van der Waals surface area contributed by atoms with E-state index in [1.54, 1.807) is 24.8 Å². The minimum Gasteiger partial charge on any atom is -0.456 e. The number of furan rings is 1. The van der Waals surface area contributed by atoms with Crippen molar-refractivity contribution in [1.82, 2.24) is 38.7 Å². The van der Waals surface area contributed by atoms with Gasteiger partial charge in [0, 0.05) is 119 Å². The summed E-state index contributed by atoms with van der Waals surface area (Å²) in [5.41, 5.74) is 25.9. The van der Waals surface area contributed by atoms with Gasteiger partial charge in [0.25, 0.3) is 0 Å². The molecule has 477 valence electrons. The van der Waals surface area contributed by atoms with Crippen LogP contribution in [-0.2, 0) is 73.2 Å². The van der Waals surface area contributed by atoms with Crippen molar-refractivity contribution in [2.45, 2.75) is 94.9 Å². The SMILES string of the molecule is Cc1cc(CC(C)(C)C)cc(C)c1-n1cnnc1-c1[c-]ccnc1.Cc1cc(Cc2cccc3c2oc2ccccc23)cc(C)c1-n1ccnc1-c1[c-]cccc1.Cc1ccccc1-c1cc[c-]c2c1c1ccccc1n1c(-c3ccc(C(C)C)cc3C)cnc21.[Ir].[Ir].[Ir]. The van der Waals surface area contributed by atoms with E-state index in [1.165, 1.54) is 105 Å². The Labute approximate surface area is 591 Å². The molecule has 0 amide bonds. The number of pyridine rings is 2. The minimum absolute atomic E-state index is 0. The van der Waals surface area contributed by atoms with Gasteiger partial charge in [-0.15, -0.1) is 71.3 Å². The van der Waals surface area contributed by atoms with Gasteiger partial charge >= 0.3 is 0 Å². The van der Waals surface area contributed by atoms with Crippen LogP contribution in [0.2, 0.25) is 0 Å². The molecule has 0 unspecified atom stereocenters. The monoisotopic (exact) mass is 1760 g/mol. The van der Waals surface area contributed by atoms with Gasteiger partial charge in [-0.05, 0) is 138 Å². The Morgan fingerprint density at radius 3 is 1.91 bits per heavy atom. The fourth-order valence-corrected chi connectivity index (χ4v) is 13.3. The number of hydrogen-bond acceptors (Lipinski definition) is 6. The van der Waals surface area contributed by atoms with Crippen LogP contribution in [-0.4, -0.2) is 38.7 Å². The van der Waals surface area contributed by atoms with Crippen molar-refractivity contribution in [3.05, 3.63) is 287 Å². The van der Waals surface area contributed by atoms with Crippen molar-refractivity contribution in [2.24, 2.45) is 5.41 Å². The normalized spacial score (nSPS) is 11.3. The molecule has 6 heterocycles. The molecule has 0 N–H and O–H groups in total. The van der Waals surface area contributed by atoms with E-state index in [0.717, 1.165) is 69.2 Å². The molecular weight excluding hydrogens is 1690 g/mol. The molecule has 0 aliphatic heterocycles. The number of imidazole rings is 2. The molecule has 9 nitrogen and oxygen atoms in total. The van der Waals surface area contributed by atoms with Crippen LogP contribution in [0.3, 0.4) is 0 Å². The second-order valence-electron chi connectivity index (χ2n) is 25.5. The maximum atomic E-state index is 6.25. The minimum atomic E-state index is 0. The molecule has 0 spiro atoms. The van der Waals surface area contributed by atoms with Crippen LogP contribution in [0.25, 0.3) is 106 Å². The third kappa shape index (κ3) is 13.7. The topological polar surface area (TPSA) is 91.9 Å². The van der Waals surface area contributed by atoms with E-state index < -0.39 is 0 Å². The average molecular weight is 1760 g/mol. The van der Waals surface area contributed by atoms with E-state index in [2.05, 4.69) is 251 Å². The fourth-order valence-electron chi connectivity index (χ4n) is 13.3. The van der Waals surface area contributed by atoms with Gasteiger partial charge in [0.15, 0.2) is 0 Å². The van der Waals surface area contributed by atoms with Crippen molar-refractivity contribution in [3.63, 3.8) is 0 Å². The van der Waals surface area contributed by atoms with E-state index in [9.17, 15) is 0 Å². The maximum absolute atomic E-state index is 6.25. The van der Waals surface area contributed by atoms with Crippen molar-refractivity contribution in [2.75, 3.05) is 0 Å². The Bertz CT molecular complexity index is 5120. The standard InChI is InChI=1S/C32H27N2.C30H23N2O.C20H23N4.3Ir/c1-20(2)23-16-17-25(22(4)18-23)30-19-33-32-28-14-9-13-26(24-11-6-5-10-21(24)3)31(28)27-12-7-8-15-29(27)34(30)32;1-20-17-22(19-24-11-8-13-26-25-12-6-7-14-27(25)33-29(24)26)18-21(2)28(20)32-16-15-31-30(32)23-9-4-3-5-10-23;1-14-9-16(11-20(3,4)5)10-15(2)18(14)24-13-22-23-19(24)17-7-6-8-21-12-17;;;/h5-13,15-20H,1-4H3;3-9,11-18H,19H2,1-2H3;6,8-10,12-13H,11H2,1-5H3;;;/q3*-1;;;. The zero-order valence-electron chi connectivity index (χ0n) is 54.7. The third-order valence-electron chi connectivity index (χ3n) is 17.2. The number of aryl methyl sites for hydroxylation is 6. The molecule has 15 aromatic rings. The van der Waals surface area contributed by atoms with E-state index in [4.69, 9.17) is 9.40 Å². The predicted octanol–water partition coefficient (Wildman–Crippen LogP) is 20.3. The summed E-state index contributed by atoms with van der Waals surface area (Å²) in [5, 5.41) is 14.2. The first-order chi connectivity index (χ1) is 44.1. The molecule has 0 bridgehead atoms. The Morgan fingerprint density at radius 2 is 1.21 bits per heavy atom. The molecule has 3 radical (unpaired) electrons. The van der Waals surface area contributed by atoms with Gasteiger partial charge in [-0.2, -0.15) is 5.10 Å². The number of fused-ring (bicyclic) bond motifs is 9. The summed E-state index contributed by atoms with van der Waals surface area (Å²) in [6.07, 6.45) is 13.0. The molecule has 0 aliphatic rings. The summed E-state index contributed by atoms with van der Waals surface area (Å²) in [7, 11) is 0. The first kappa shape index (κ1) is 68.3. The zero-order chi connectivity index (χ0) is 63.1. The summed E-state index contributed by atoms with van der Waals surface area (Å²) in [5.74, 6) is 2.17. The number of aromatic nitrogens is 8. The second-order valence-corrected chi connectivity index (χ2v) is 25.5. The molecule has 0 aliphatic carbocycles. The van der Waals surface area contributed by atoms with Crippen LogP contribution in [0.4, 0.5) is 0 Å². The van der Waals surface area contributed by atoms with E-state index in [1.807, 2.05) is 65.6 Å². The summed E-state index contributed by atoms with van der Waals surface area (Å²) < 4.78 is 12.8. The summed E-state index contributed by atoms with van der Waals surface area (Å²) in [4.78, 5) is 13.7. The van der Waals surface area contributed by atoms with Crippen LogP contribution in [0.15, 0.2) is 218 Å². The van der Waals surface area contributed by atoms with Crippen LogP contribution in [0.5, 0.6) is 0 Å². The third-order valence-corrected chi connectivity index (χ3v) is 17.2. The quantitative estimate of drug-likeness (QED) is 0.100. The summed E-state index contributed by atoms with van der Waals surface area (Å²) >= 11 is 0. The van der Waals surface area contributed by atoms with Crippen molar-refractivity contribution >= 4 is 49.3 Å².